The summed E-state index contributed by atoms with van der Waals surface area (Å²) in [5, 5.41) is 3.05. The van der Waals surface area contributed by atoms with E-state index in [9.17, 15) is 4.79 Å². The van der Waals surface area contributed by atoms with Crippen molar-refractivity contribution >= 4 is 17.4 Å². The first-order valence-corrected chi connectivity index (χ1v) is 5.36. The van der Waals surface area contributed by atoms with Gasteiger partial charge in [0.25, 0.3) is 5.91 Å². The molecular formula is C12H13N5O. The molecule has 2 aromatic rings. The van der Waals surface area contributed by atoms with E-state index >= 15 is 0 Å². The summed E-state index contributed by atoms with van der Waals surface area (Å²) in [6, 6.07) is 6.85. The molecule has 6 heteroatoms. The van der Waals surface area contributed by atoms with E-state index in [4.69, 9.17) is 11.5 Å². The molecule has 0 unspecified atom stereocenters. The first-order valence-electron chi connectivity index (χ1n) is 5.36. The van der Waals surface area contributed by atoms with Crippen LogP contribution in [-0.4, -0.2) is 15.9 Å². The van der Waals surface area contributed by atoms with Gasteiger partial charge in [0.2, 0.25) is 0 Å². The Balaban J connectivity index is 2.14. The molecule has 18 heavy (non-hydrogen) atoms. The van der Waals surface area contributed by atoms with Crippen molar-refractivity contribution in [2.24, 2.45) is 5.73 Å². The zero-order valence-corrected chi connectivity index (χ0v) is 9.63. The third-order valence-electron chi connectivity index (χ3n) is 2.39. The van der Waals surface area contributed by atoms with Crippen LogP contribution in [0.2, 0.25) is 0 Å². The molecule has 0 radical (unpaired) electrons. The van der Waals surface area contributed by atoms with E-state index in [0.29, 0.717) is 18.1 Å². The number of nitrogen functional groups attached to an aromatic ring is 1. The van der Waals surface area contributed by atoms with Crippen LogP contribution in [0.5, 0.6) is 0 Å². The second-order valence-corrected chi connectivity index (χ2v) is 3.71. The second-order valence-electron chi connectivity index (χ2n) is 3.71. The van der Waals surface area contributed by atoms with Gasteiger partial charge in [-0.05, 0) is 29.8 Å². The number of nitrogens with two attached hydrogens (primary N) is 2. The normalized spacial score (nSPS) is 10.0. The van der Waals surface area contributed by atoms with Gasteiger partial charge in [0, 0.05) is 18.9 Å². The Hall–Kier alpha value is -2.63. The van der Waals surface area contributed by atoms with E-state index in [0.717, 1.165) is 5.56 Å². The fourth-order valence-electron chi connectivity index (χ4n) is 1.44. The highest BCUT2D eigenvalue weighted by Crippen LogP contribution is 2.16. The van der Waals surface area contributed by atoms with Crippen molar-refractivity contribution in [3.8, 4) is 0 Å². The van der Waals surface area contributed by atoms with Crippen LogP contribution in [0.25, 0.3) is 0 Å². The zero-order valence-electron chi connectivity index (χ0n) is 9.63. The van der Waals surface area contributed by atoms with Gasteiger partial charge < -0.3 is 16.8 Å². The molecule has 0 atom stereocenters. The lowest BCUT2D eigenvalue weighted by atomic mass is 10.2. The van der Waals surface area contributed by atoms with Gasteiger partial charge >= 0.3 is 0 Å². The van der Waals surface area contributed by atoms with Gasteiger partial charge in [-0.25, -0.2) is 4.98 Å². The number of carbonyl (C=O) groups excluding carboxylic acids is 1. The minimum absolute atomic E-state index is 0.182. The van der Waals surface area contributed by atoms with Gasteiger partial charge in [-0.1, -0.05) is 0 Å². The average molecular weight is 243 g/mol. The third-order valence-corrected chi connectivity index (χ3v) is 2.39. The number of carbonyl (C=O) groups is 1. The quantitative estimate of drug-likeness (QED) is 0.735. The smallest absolute Gasteiger partial charge is 0.267 e. The van der Waals surface area contributed by atoms with Crippen LogP contribution < -0.4 is 16.8 Å². The van der Waals surface area contributed by atoms with Crippen molar-refractivity contribution in [2.75, 3.05) is 11.1 Å². The molecule has 0 bridgehead atoms. The second kappa shape index (κ2) is 5.13. The van der Waals surface area contributed by atoms with Crippen LogP contribution in [0.4, 0.5) is 11.5 Å². The Labute approximate surface area is 104 Å². The molecule has 0 spiro atoms. The Morgan fingerprint density at radius 3 is 2.61 bits per heavy atom. The molecule has 0 aliphatic rings. The molecule has 5 N–H and O–H groups in total. The lowest BCUT2D eigenvalue weighted by Gasteiger charge is -2.09. The number of hydrogen-bond donors (Lipinski definition) is 3. The molecule has 0 saturated carbocycles. The predicted molar refractivity (Wildman–Crippen MR) is 68.7 cm³/mol. The number of nitrogens with one attached hydrogen (secondary N) is 1. The summed E-state index contributed by atoms with van der Waals surface area (Å²) in [4.78, 5) is 19.0. The maximum absolute atomic E-state index is 11.0. The number of hydrogen-bond acceptors (Lipinski definition) is 5. The number of amides is 1. The maximum atomic E-state index is 11.0. The van der Waals surface area contributed by atoms with Crippen molar-refractivity contribution < 1.29 is 4.79 Å². The van der Waals surface area contributed by atoms with Gasteiger partial charge in [0.1, 0.15) is 11.5 Å². The Morgan fingerprint density at radius 1 is 1.22 bits per heavy atom. The molecule has 0 aliphatic heterocycles. The van der Waals surface area contributed by atoms with E-state index in [1.807, 2.05) is 12.1 Å². The van der Waals surface area contributed by atoms with Crippen LogP contribution in [0, 0.1) is 0 Å². The van der Waals surface area contributed by atoms with Crippen molar-refractivity contribution in [3.63, 3.8) is 0 Å². The molecule has 0 saturated heterocycles. The average Bonchev–Trinajstić information content (AvgIpc) is 2.38. The monoisotopic (exact) mass is 243 g/mol. The van der Waals surface area contributed by atoms with Crippen molar-refractivity contribution in [2.45, 2.75) is 6.54 Å². The number of pyridine rings is 2. The van der Waals surface area contributed by atoms with Gasteiger partial charge in [-0.15, -0.1) is 0 Å². The van der Waals surface area contributed by atoms with E-state index in [1.165, 1.54) is 6.07 Å². The minimum atomic E-state index is -0.582. The highest BCUT2D eigenvalue weighted by Gasteiger charge is 2.06. The number of rotatable bonds is 4. The maximum Gasteiger partial charge on any atom is 0.267 e. The van der Waals surface area contributed by atoms with Crippen LogP contribution in [0.3, 0.4) is 0 Å². The van der Waals surface area contributed by atoms with E-state index < -0.39 is 5.91 Å². The topological polar surface area (TPSA) is 107 Å². The molecular weight excluding hydrogens is 230 g/mol. The molecule has 2 heterocycles. The van der Waals surface area contributed by atoms with Crippen LogP contribution in [-0.2, 0) is 6.54 Å². The van der Waals surface area contributed by atoms with Crippen LogP contribution in [0.15, 0.2) is 36.7 Å². The molecule has 0 fully saturated rings. The fraction of sp³-hybridized carbons (Fsp3) is 0.0833. The molecule has 1 amide bonds. The number of nitrogens with zero attached hydrogens (tertiary/aromatic N) is 2. The number of aromatic nitrogens is 2. The van der Waals surface area contributed by atoms with Crippen molar-refractivity contribution in [3.05, 3.63) is 47.9 Å². The minimum Gasteiger partial charge on any atom is -0.396 e. The summed E-state index contributed by atoms with van der Waals surface area (Å²) < 4.78 is 0. The lowest BCUT2D eigenvalue weighted by Crippen LogP contribution is -2.15. The van der Waals surface area contributed by atoms with Crippen LogP contribution >= 0.6 is 0 Å². The predicted octanol–water partition coefficient (Wildman–Crippen LogP) is 0.770. The summed E-state index contributed by atoms with van der Waals surface area (Å²) in [7, 11) is 0. The summed E-state index contributed by atoms with van der Waals surface area (Å²) >= 11 is 0. The zero-order chi connectivity index (χ0) is 13.0. The highest BCUT2D eigenvalue weighted by atomic mass is 16.1. The molecule has 0 aromatic carbocycles. The van der Waals surface area contributed by atoms with Crippen molar-refractivity contribution in [1.29, 1.82) is 0 Å². The number of anilines is 2. The SMILES string of the molecule is NC(=O)c1ccc(N)c(NCc2ccncc2)n1. The van der Waals surface area contributed by atoms with E-state index in [-0.39, 0.29) is 5.69 Å². The van der Waals surface area contributed by atoms with Gasteiger partial charge in [0.15, 0.2) is 0 Å². The van der Waals surface area contributed by atoms with Crippen molar-refractivity contribution in [1.82, 2.24) is 9.97 Å². The first-order chi connectivity index (χ1) is 8.66. The molecule has 2 aromatic heterocycles. The third kappa shape index (κ3) is 2.73. The Bertz CT molecular complexity index is 556. The van der Waals surface area contributed by atoms with Gasteiger partial charge in [0.05, 0.1) is 5.69 Å². The lowest BCUT2D eigenvalue weighted by molar-refractivity contribution is 0.0996. The van der Waals surface area contributed by atoms with Gasteiger partial charge in [-0.2, -0.15) is 0 Å². The van der Waals surface area contributed by atoms with Crippen LogP contribution in [0.1, 0.15) is 16.1 Å². The summed E-state index contributed by atoms with van der Waals surface area (Å²) in [6.07, 6.45) is 3.40. The Kier molecular flexibility index (Phi) is 3.38. The highest BCUT2D eigenvalue weighted by molar-refractivity contribution is 5.91. The Morgan fingerprint density at radius 2 is 1.94 bits per heavy atom. The molecule has 92 valence electrons. The summed E-state index contributed by atoms with van der Waals surface area (Å²) in [5.41, 5.74) is 12.6. The first kappa shape index (κ1) is 11.8. The van der Waals surface area contributed by atoms with E-state index in [2.05, 4.69) is 15.3 Å². The molecule has 6 nitrogen and oxygen atoms in total. The molecule has 0 aliphatic carbocycles. The van der Waals surface area contributed by atoms with Gasteiger partial charge in [-0.3, -0.25) is 9.78 Å². The largest absolute Gasteiger partial charge is 0.396 e. The fourth-order valence-corrected chi connectivity index (χ4v) is 1.44. The standard InChI is InChI=1S/C12H13N5O/c13-9-1-2-10(11(14)18)17-12(9)16-7-8-3-5-15-6-4-8/h1-6H,7,13H2,(H2,14,18)(H,16,17). The summed E-state index contributed by atoms with van der Waals surface area (Å²) in [5.74, 6) is -0.134. The number of primary amides is 1. The molecule has 2 rings (SSSR count). The summed E-state index contributed by atoms with van der Waals surface area (Å²) in [6.45, 7) is 0.544. The van der Waals surface area contributed by atoms with E-state index in [1.54, 1.807) is 18.5 Å².